The van der Waals surface area contributed by atoms with Crippen molar-refractivity contribution in [2.24, 2.45) is 0 Å². The third kappa shape index (κ3) is 2.87. The van der Waals surface area contributed by atoms with E-state index in [1.54, 1.807) is 6.92 Å². The second kappa shape index (κ2) is 4.79. The zero-order valence-electron chi connectivity index (χ0n) is 8.50. The number of allylic oxidation sites excluding steroid dienone is 2. The first kappa shape index (κ1) is 10.8. The maximum atomic E-state index is 11.3. The molecule has 4 nitrogen and oxygen atoms in total. The van der Waals surface area contributed by atoms with Gasteiger partial charge in [0.05, 0.1) is 6.61 Å². The second-order valence-corrected chi connectivity index (χ2v) is 3.27. The molecule has 0 aromatic heterocycles. The Kier molecular flexibility index (Phi) is 3.68. The van der Waals surface area contributed by atoms with Gasteiger partial charge < -0.3 is 10.1 Å². The lowest BCUT2D eigenvalue weighted by Crippen LogP contribution is -2.31. The molecule has 0 amide bonds. The van der Waals surface area contributed by atoms with Gasteiger partial charge >= 0.3 is 5.97 Å². The third-order valence-electron chi connectivity index (χ3n) is 2.01. The monoisotopic (exact) mass is 197 g/mol. The normalized spacial score (nSPS) is 23.3. The maximum Gasteiger partial charge on any atom is 0.328 e. The SMILES string of the molecule is CCOC(=O)[C@@H]1CC/C(=C/C(C)=O)N1. The van der Waals surface area contributed by atoms with Crippen molar-refractivity contribution >= 4 is 11.8 Å². The fourth-order valence-electron chi connectivity index (χ4n) is 1.45. The second-order valence-electron chi connectivity index (χ2n) is 3.27. The molecule has 1 aliphatic heterocycles. The molecule has 4 heteroatoms. The molecule has 1 N–H and O–H groups in total. The van der Waals surface area contributed by atoms with Crippen LogP contribution >= 0.6 is 0 Å². The van der Waals surface area contributed by atoms with E-state index in [1.807, 2.05) is 0 Å². The van der Waals surface area contributed by atoms with Crippen LogP contribution in [0.5, 0.6) is 0 Å². The molecular weight excluding hydrogens is 182 g/mol. The van der Waals surface area contributed by atoms with Gasteiger partial charge in [0.1, 0.15) is 6.04 Å². The minimum atomic E-state index is -0.277. The number of esters is 1. The molecule has 78 valence electrons. The van der Waals surface area contributed by atoms with Gasteiger partial charge in [0, 0.05) is 5.70 Å². The van der Waals surface area contributed by atoms with E-state index in [0.29, 0.717) is 13.0 Å². The number of hydrogen-bond acceptors (Lipinski definition) is 4. The van der Waals surface area contributed by atoms with Crippen LogP contribution in [-0.4, -0.2) is 24.4 Å². The Morgan fingerprint density at radius 1 is 1.64 bits per heavy atom. The van der Waals surface area contributed by atoms with E-state index in [0.717, 1.165) is 12.1 Å². The highest BCUT2D eigenvalue weighted by Crippen LogP contribution is 2.16. The van der Waals surface area contributed by atoms with Crippen molar-refractivity contribution < 1.29 is 14.3 Å². The lowest BCUT2D eigenvalue weighted by atomic mass is 10.2. The molecule has 1 aliphatic rings. The predicted molar refractivity (Wildman–Crippen MR) is 51.6 cm³/mol. The van der Waals surface area contributed by atoms with Gasteiger partial charge in [-0.25, -0.2) is 4.79 Å². The third-order valence-corrected chi connectivity index (χ3v) is 2.01. The van der Waals surface area contributed by atoms with Gasteiger partial charge in [-0.2, -0.15) is 0 Å². The van der Waals surface area contributed by atoms with Crippen LogP contribution in [0.4, 0.5) is 0 Å². The molecule has 0 aromatic carbocycles. The quantitative estimate of drug-likeness (QED) is 0.536. The molecule has 1 heterocycles. The van der Waals surface area contributed by atoms with Gasteiger partial charge in [-0.05, 0) is 32.8 Å². The van der Waals surface area contributed by atoms with Crippen LogP contribution in [0.3, 0.4) is 0 Å². The number of carbonyl (C=O) groups is 2. The Morgan fingerprint density at radius 3 is 2.93 bits per heavy atom. The molecule has 0 saturated carbocycles. The van der Waals surface area contributed by atoms with Crippen molar-refractivity contribution in [1.29, 1.82) is 0 Å². The highest BCUT2D eigenvalue weighted by atomic mass is 16.5. The molecule has 0 aliphatic carbocycles. The lowest BCUT2D eigenvalue weighted by Gasteiger charge is -2.09. The zero-order valence-corrected chi connectivity index (χ0v) is 8.50. The molecule has 1 atom stereocenters. The number of carbonyl (C=O) groups excluding carboxylic acids is 2. The first-order valence-electron chi connectivity index (χ1n) is 4.77. The van der Waals surface area contributed by atoms with Gasteiger partial charge in [0.25, 0.3) is 0 Å². The van der Waals surface area contributed by atoms with Gasteiger partial charge in [0.15, 0.2) is 5.78 Å². The summed E-state index contributed by atoms with van der Waals surface area (Å²) >= 11 is 0. The summed E-state index contributed by atoms with van der Waals surface area (Å²) in [4.78, 5) is 22.0. The van der Waals surface area contributed by atoms with Crippen LogP contribution in [0.25, 0.3) is 0 Å². The molecule has 0 bridgehead atoms. The van der Waals surface area contributed by atoms with E-state index < -0.39 is 0 Å². The average Bonchev–Trinajstić information content (AvgIpc) is 2.52. The van der Waals surface area contributed by atoms with Gasteiger partial charge in [-0.1, -0.05) is 0 Å². The van der Waals surface area contributed by atoms with Crippen LogP contribution in [-0.2, 0) is 14.3 Å². The van der Waals surface area contributed by atoms with Crippen molar-refractivity contribution in [1.82, 2.24) is 5.32 Å². The van der Waals surface area contributed by atoms with Crippen molar-refractivity contribution in [3.8, 4) is 0 Å². The van der Waals surface area contributed by atoms with Crippen LogP contribution < -0.4 is 5.32 Å². The number of ketones is 1. The minimum absolute atomic E-state index is 0.00277. The smallest absolute Gasteiger partial charge is 0.328 e. The first-order valence-corrected chi connectivity index (χ1v) is 4.77. The molecule has 0 spiro atoms. The summed E-state index contributed by atoms with van der Waals surface area (Å²) in [5.74, 6) is -0.239. The first-order chi connectivity index (χ1) is 6.63. The van der Waals surface area contributed by atoms with E-state index in [1.165, 1.54) is 13.0 Å². The molecule has 1 fully saturated rings. The Labute approximate surface area is 83.3 Å². The summed E-state index contributed by atoms with van der Waals surface area (Å²) < 4.78 is 4.87. The Balaban J connectivity index is 2.49. The van der Waals surface area contributed by atoms with Crippen molar-refractivity contribution in [3.05, 3.63) is 11.8 Å². The van der Waals surface area contributed by atoms with Crippen LogP contribution in [0.1, 0.15) is 26.7 Å². The molecule has 1 saturated heterocycles. The van der Waals surface area contributed by atoms with E-state index in [2.05, 4.69) is 5.32 Å². The maximum absolute atomic E-state index is 11.3. The minimum Gasteiger partial charge on any atom is -0.464 e. The largest absolute Gasteiger partial charge is 0.464 e. The summed E-state index contributed by atoms with van der Waals surface area (Å²) in [5.41, 5.74) is 0.829. The van der Waals surface area contributed by atoms with Crippen molar-refractivity contribution in [3.63, 3.8) is 0 Å². The molecule has 0 radical (unpaired) electrons. The molecular formula is C10H15NO3. The number of ether oxygens (including phenoxy) is 1. The highest BCUT2D eigenvalue weighted by Gasteiger charge is 2.26. The van der Waals surface area contributed by atoms with Crippen LogP contribution in [0, 0.1) is 0 Å². The fraction of sp³-hybridized carbons (Fsp3) is 0.600. The average molecular weight is 197 g/mol. The number of nitrogens with one attached hydrogen (secondary N) is 1. The number of hydrogen-bond donors (Lipinski definition) is 1. The number of rotatable bonds is 3. The highest BCUT2D eigenvalue weighted by molar-refractivity contribution is 5.88. The van der Waals surface area contributed by atoms with E-state index in [9.17, 15) is 9.59 Å². The molecule has 0 unspecified atom stereocenters. The van der Waals surface area contributed by atoms with Crippen LogP contribution in [0.2, 0.25) is 0 Å². The Morgan fingerprint density at radius 2 is 2.36 bits per heavy atom. The lowest BCUT2D eigenvalue weighted by molar-refractivity contribution is -0.145. The van der Waals surface area contributed by atoms with Gasteiger partial charge in [0.2, 0.25) is 0 Å². The Hall–Kier alpha value is -1.32. The topological polar surface area (TPSA) is 55.4 Å². The standard InChI is InChI=1S/C10H15NO3/c1-3-14-10(13)9-5-4-8(11-9)6-7(2)12/h6,9,11H,3-5H2,1-2H3/b8-6-/t9-/m0/s1. The van der Waals surface area contributed by atoms with E-state index >= 15 is 0 Å². The molecule has 0 aromatic rings. The van der Waals surface area contributed by atoms with Crippen molar-refractivity contribution in [2.75, 3.05) is 6.61 Å². The summed E-state index contributed by atoms with van der Waals surface area (Å²) in [7, 11) is 0. The Bertz CT molecular complexity index is 271. The van der Waals surface area contributed by atoms with Crippen LogP contribution in [0.15, 0.2) is 11.8 Å². The molecule has 1 rings (SSSR count). The molecule has 14 heavy (non-hydrogen) atoms. The van der Waals surface area contributed by atoms with Gasteiger partial charge in [-0.3, -0.25) is 4.79 Å². The summed E-state index contributed by atoms with van der Waals surface area (Å²) in [6.45, 7) is 3.66. The zero-order chi connectivity index (χ0) is 10.6. The predicted octanol–water partition coefficient (Wildman–Crippen LogP) is 0.774. The van der Waals surface area contributed by atoms with Crippen molar-refractivity contribution in [2.45, 2.75) is 32.7 Å². The van der Waals surface area contributed by atoms with E-state index in [4.69, 9.17) is 4.74 Å². The fourth-order valence-corrected chi connectivity index (χ4v) is 1.45. The van der Waals surface area contributed by atoms with Gasteiger partial charge in [-0.15, -0.1) is 0 Å². The summed E-state index contributed by atoms with van der Waals surface area (Å²) in [6.07, 6.45) is 2.97. The summed E-state index contributed by atoms with van der Waals surface area (Å²) in [5, 5.41) is 2.97. The van der Waals surface area contributed by atoms with E-state index in [-0.39, 0.29) is 17.8 Å². The summed E-state index contributed by atoms with van der Waals surface area (Å²) in [6, 6.07) is -0.277.